The Morgan fingerprint density at radius 1 is 1.03 bits per heavy atom. The highest BCUT2D eigenvalue weighted by Crippen LogP contribution is 2.28. The van der Waals surface area contributed by atoms with Crippen molar-refractivity contribution in [2.75, 3.05) is 31.1 Å². The minimum atomic E-state index is -0.132. The lowest BCUT2D eigenvalue weighted by molar-refractivity contribution is -0.00196. The van der Waals surface area contributed by atoms with E-state index >= 15 is 0 Å². The van der Waals surface area contributed by atoms with Crippen LogP contribution in [-0.4, -0.2) is 52.0 Å². The highest BCUT2D eigenvalue weighted by molar-refractivity contribution is 6.30. The maximum absolute atomic E-state index is 13.1. The summed E-state index contributed by atoms with van der Waals surface area (Å²) in [6, 6.07) is 16.1. The van der Waals surface area contributed by atoms with Gasteiger partial charge in [0, 0.05) is 36.9 Å². The second kappa shape index (κ2) is 8.32. The monoisotopic (exact) mass is 437 g/mol. The van der Waals surface area contributed by atoms with Crippen LogP contribution in [0.4, 0.5) is 5.69 Å². The van der Waals surface area contributed by atoms with E-state index in [0.717, 1.165) is 24.3 Å². The number of ether oxygens (including phenoxy) is 1. The van der Waals surface area contributed by atoms with E-state index < -0.39 is 0 Å². The van der Waals surface area contributed by atoms with Crippen molar-refractivity contribution in [3.8, 4) is 0 Å². The minimum absolute atomic E-state index is 0.0710. The third-order valence-corrected chi connectivity index (χ3v) is 6.26. The molecule has 7 nitrogen and oxygen atoms in total. The number of carbonyl (C=O) groups excluding carboxylic acids is 1. The Balaban J connectivity index is 1.24. The molecular weight excluding hydrogens is 414 g/mol. The summed E-state index contributed by atoms with van der Waals surface area (Å²) in [5, 5.41) is 9.14. The number of benzene rings is 2. The molecule has 0 aliphatic carbocycles. The van der Waals surface area contributed by atoms with Gasteiger partial charge in [-0.25, -0.2) is 4.68 Å². The molecule has 8 heteroatoms. The lowest BCUT2D eigenvalue weighted by atomic mass is 10.1. The number of amides is 1. The van der Waals surface area contributed by atoms with Crippen molar-refractivity contribution < 1.29 is 9.53 Å². The van der Waals surface area contributed by atoms with Crippen LogP contribution in [0.3, 0.4) is 0 Å². The molecule has 1 amide bonds. The zero-order chi connectivity index (χ0) is 21.4. The van der Waals surface area contributed by atoms with Crippen molar-refractivity contribution in [3.63, 3.8) is 0 Å². The second-order valence-electron chi connectivity index (χ2n) is 8.03. The van der Waals surface area contributed by atoms with Gasteiger partial charge >= 0.3 is 0 Å². The first-order chi connectivity index (χ1) is 15.1. The summed E-state index contributed by atoms with van der Waals surface area (Å²) in [5.41, 5.74) is 4.62. The van der Waals surface area contributed by atoms with Gasteiger partial charge in [0.15, 0.2) is 5.69 Å². The lowest BCUT2D eigenvalue weighted by Gasteiger charge is -2.36. The molecule has 0 saturated carbocycles. The molecule has 2 aromatic carbocycles. The van der Waals surface area contributed by atoms with E-state index in [1.54, 1.807) is 4.68 Å². The molecule has 3 heterocycles. The summed E-state index contributed by atoms with van der Waals surface area (Å²) in [4.78, 5) is 17.3. The third-order valence-electron chi connectivity index (χ3n) is 6.01. The maximum Gasteiger partial charge on any atom is 0.276 e. The molecule has 3 aromatic rings. The second-order valence-corrected chi connectivity index (χ2v) is 8.47. The molecule has 0 spiro atoms. The number of carbonyl (C=O) groups is 1. The molecule has 0 N–H and O–H groups in total. The lowest BCUT2D eigenvalue weighted by Crippen LogP contribution is -2.49. The van der Waals surface area contributed by atoms with Crippen molar-refractivity contribution in [2.45, 2.75) is 26.2 Å². The fraction of sp³-hybridized carbons (Fsp3) is 0.348. The van der Waals surface area contributed by atoms with Gasteiger partial charge in [-0.2, -0.15) is 0 Å². The number of piperazine rings is 1. The first-order valence-corrected chi connectivity index (χ1v) is 10.9. The fourth-order valence-corrected chi connectivity index (χ4v) is 4.26. The number of rotatable bonds is 3. The largest absolute Gasteiger partial charge is 0.368 e. The smallest absolute Gasteiger partial charge is 0.276 e. The Bertz CT molecular complexity index is 1070. The first kappa shape index (κ1) is 20.0. The summed E-state index contributed by atoms with van der Waals surface area (Å²) >= 11 is 5.98. The van der Waals surface area contributed by atoms with Crippen molar-refractivity contribution in [3.05, 3.63) is 76.1 Å². The quantitative estimate of drug-likeness (QED) is 0.627. The SMILES string of the molecule is Cc1ccc(N2CCN(C(=O)c3nnn4c3COC(c3ccc(Cl)cc3)C4)CC2)cc1. The molecule has 31 heavy (non-hydrogen) atoms. The summed E-state index contributed by atoms with van der Waals surface area (Å²) in [5.74, 6) is -0.0710. The fourth-order valence-electron chi connectivity index (χ4n) is 4.13. The Morgan fingerprint density at radius 2 is 1.74 bits per heavy atom. The number of nitrogens with zero attached hydrogens (tertiary/aromatic N) is 5. The number of fused-ring (bicyclic) bond motifs is 1. The molecule has 1 fully saturated rings. The van der Waals surface area contributed by atoms with Crippen LogP contribution in [0.1, 0.15) is 33.4 Å². The molecule has 0 bridgehead atoms. The molecule has 160 valence electrons. The van der Waals surface area contributed by atoms with Gasteiger partial charge in [-0.3, -0.25) is 4.79 Å². The van der Waals surface area contributed by atoms with E-state index in [-0.39, 0.29) is 12.0 Å². The predicted octanol–water partition coefficient (Wildman–Crippen LogP) is 3.47. The van der Waals surface area contributed by atoms with Crippen molar-refractivity contribution in [1.29, 1.82) is 0 Å². The van der Waals surface area contributed by atoms with Gasteiger partial charge in [0.1, 0.15) is 6.10 Å². The van der Waals surface area contributed by atoms with Gasteiger partial charge in [-0.05, 0) is 36.8 Å². The van der Waals surface area contributed by atoms with E-state index in [2.05, 4.69) is 46.4 Å². The highest BCUT2D eigenvalue weighted by atomic mass is 35.5. The minimum Gasteiger partial charge on any atom is -0.368 e. The van der Waals surface area contributed by atoms with Crippen molar-refractivity contribution in [2.24, 2.45) is 0 Å². The van der Waals surface area contributed by atoms with Crippen molar-refractivity contribution >= 4 is 23.2 Å². The normalized spacial score (nSPS) is 18.7. The van der Waals surface area contributed by atoms with E-state index in [9.17, 15) is 4.79 Å². The molecule has 1 aromatic heterocycles. The summed E-state index contributed by atoms with van der Waals surface area (Å²) in [7, 11) is 0. The van der Waals surface area contributed by atoms with Crippen LogP contribution >= 0.6 is 11.6 Å². The van der Waals surface area contributed by atoms with Crippen LogP contribution in [0.2, 0.25) is 5.02 Å². The number of hydrogen-bond acceptors (Lipinski definition) is 5. The highest BCUT2D eigenvalue weighted by Gasteiger charge is 2.31. The van der Waals surface area contributed by atoms with E-state index in [1.807, 2.05) is 29.2 Å². The molecule has 2 aliphatic rings. The van der Waals surface area contributed by atoms with Crippen LogP contribution in [0, 0.1) is 6.92 Å². The number of aryl methyl sites for hydroxylation is 1. The Kier molecular flexibility index (Phi) is 5.38. The Morgan fingerprint density at radius 3 is 2.45 bits per heavy atom. The van der Waals surface area contributed by atoms with Crippen molar-refractivity contribution in [1.82, 2.24) is 19.9 Å². The van der Waals surface area contributed by atoms with Crippen LogP contribution < -0.4 is 4.90 Å². The molecule has 0 radical (unpaired) electrons. The predicted molar refractivity (Wildman–Crippen MR) is 118 cm³/mol. The van der Waals surface area contributed by atoms with Crippen LogP contribution in [0.15, 0.2) is 48.5 Å². The average molecular weight is 438 g/mol. The zero-order valence-electron chi connectivity index (χ0n) is 17.4. The zero-order valence-corrected chi connectivity index (χ0v) is 18.1. The number of aromatic nitrogens is 3. The van der Waals surface area contributed by atoms with Gasteiger partial charge < -0.3 is 14.5 Å². The first-order valence-electron chi connectivity index (χ1n) is 10.5. The Hall–Kier alpha value is -2.90. The Labute approximate surface area is 186 Å². The topological polar surface area (TPSA) is 63.5 Å². The number of anilines is 1. The molecule has 5 rings (SSSR count). The molecule has 1 saturated heterocycles. The van der Waals surface area contributed by atoms with Gasteiger partial charge in [0.05, 0.1) is 18.8 Å². The molecule has 1 unspecified atom stereocenters. The van der Waals surface area contributed by atoms with Gasteiger partial charge in [-0.1, -0.05) is 46.6 Å². The maximum atomic E-state index is 13.1. The molecule has 2 aliphatic heterocycles. The van der Waals surface area contributed by atoms with Gasteiger partial charge in [-0.15, -0.1) is 5.10 Å². The molecular formula is C23H24ClN5O2. The average Bonchev–Trinajstić information content (AvgIpc) is 3.23. The van der Waals surface area contributed by atoms with Crippen LogP contribution in [-0.2, 0) is 17.9 Å². The van der Waals surface area contributed by atoms with Gasteiger partial charge in [0.2, 0.25) is 0 Å². The van der Waals surface area contributed by atoms with E-state index in [0.29, 0.717) is 37.0 Å². The number of hydrogen-bond donors (Lipinski definition) is 0. The number of halogens is 1. The summed E-state index contributed by atoms with van der Waals surface area (Å²) in [6.07, 6.45) is -0.132. The van der Waals surface area contributed by atoms with Crippen LogP contribution in [0.5, 0.6) is 0 Å². The van der Waals surface area contributed by atoms with E-state index in [1.165, 1.54) is 11.3 Å². The van der Waals surface area contributed by atoms with E-state index in [4.69, 9.17) is 16.3 Å². The summed E-state index contributed by atoms with van der Waals surface area (Å²) < 4.78 is 7.82. The third kappa shape index (κ3) is 4.03. The van der Waals surface area contributed by atoms with Crippen LogP contribution in [0.25, 0.3) is 0 Å². The van der Waals surface area contributed by atoms with Gasteiger partial charge in [0.25, 0.3) is 5.91 Å². The molecule has 1 atom stereocenters. The summed E-state index contributed by atoms with van der Waals surface area (Å²) in [6.45, 7) is 5.84. The standard InChI is InChI=1S/C23H24ClN5O2/c1-16-2-8-19(9-3-16)27-10-12-28(13-11-27)23(30)22-20-15-31-21(14-29(20)26-25-22)17-4-6-18(24)7-5-17/h2-9,21H,10-15H2,1H3.